The molecule has 2 aromatic heterocycles. The van der Waals surface area contributed by atoms with Gasteiger partial charge in [-0.2, -0.15) is 0 Å². The SMILES string of the molecule is CCNC(=NCc1ccc(Cn2ccnc2)cc1)NCc1ccco1.I. The number of halogens is 1. The number of hydrogen-bond acceptors (Lipinski definition) is 3. The molecule has 0 fully saturated rings. The molecule has 6 nitrogen and oxygen atoms in total. The Bertz CT molecular complexity index is 767. The molecule has 0 aliphatic heterocycles. The average molecular weight is 465 g/mol. The monoisotopic (exact) mass is 465 g/mol. The fraction of sp³-hybridized carbons (Fsp3) is 0.263. The minimum absolute atomic E-state index is 0. The summed E-state index contributed by atoms with van der Waals surface area (Å²) in [7, 11) is 0. The highest BCUT2D eigenvalue weighted by molar-refractivity contribution is 14.0. The fourth-order valence-electron chi connectivity index (χ4n) is 2.44. The van der Waals surface area contributed by atoms with E-state index in [9.17, 15) is 0 Å². The van der Waals surface area contributed by atoms with E-state index in [0.717, 1.165) is 24.8 Å². The van der Waals surface area contributed by atoms with Crippen molar-refractivity contribution in [2.24, 2.45) is 4.99 Å². The second kappa shape index (κ2) is 10.6. The lowest BCUT2D eigenvalue weighted by atomic mass is 10.1. The maximum absolute atomic E-state index is 5.33. The molecule has 0 atom stereocenters. The number of hydrogen-bond donors (Lipinski definition) is 2. The van der Waals surface area contributed by atoms with Crippen molar-refractivity contribution in [2.75, 3.05) is 6.54 Å². The number of aliphatic imine (C=N–C) groups is 1. The number of nitrogens with one attached hydrogen (secondary N) is 2. The Morgan fingerprint density at radius 1 is 1.15 bits per heavy atom. The summed E-state index contributed by atoms with van der Waals surface area (Å²) >= 11 is 0. The van der Waals surface area contributed by atoms with E-state index in [-0.39, 0.29) is 24.0 Å². The van der Waals surface area contributed by atoms with E-state index in [1.807, 2.05) is 24.7 Å². The molecule has 2 heterocycles. The van der Waals surface area contributed by atoms with Crippen LogP contribution in [0.15, 0.2) is 70.8 Å². The summed E-state index contributed by atoms with van der Waals surface area (Å²) in [5, 5.41) is 6.51. The molecule has 0 spiro atoms. The number of benzene rings is 1. The zero-order valence-electron chi connectivity index (χ0n) is 14.8. The summed E-state index contributed by atoms with van der Waals surface area (Å²) in [5.74, 6) is 1.66. The molecule has 138 valence electrons. The first-order valence-corrected chi connectivity index (χ1v) is 8.41. The molecule has 26 heavy (non-hydrogen) atoms. The van der Waals surface area contributed by atoms with Crippen LogP contribution in [-0.4, -0.2) is 22.1 Å². The van der Waals surface area contributed by atoms with Gasteiger partial charge in [0.15, 0.2) is 5.96 Å². The van der Waals surface area contributed by atoms with Gasteiger partial charge in [0.25, 0.3) is 0 Å². The number of aromatic nitrogens is 2. The lowest BCUT2D eigenvalue weighted by Crippen LogP contribution is -2.36. The highest BCUT2D eigenvalue weighted by atomic mass is 127. The Kier molecular flexibility index (Phi) is 8.20. The van der Waals surface area contributed by atoms with Gasteiger partial charge in [0.2, 0.25) is 0 Å². The normalized spacial score (nSPS) is 11.0. The molecule has 0 saturated carbocycles. The molecule has 3 rings (SSSR count). The maximum Gasteiger partial charge on any atom is 0.191 e. The van der Waals surface area contributed by atoms with Crippen molar-refractivity contribution < 1.29 is 4.42 Å². The summed E-state index contributed by atoms with van der Waals surface area (Å²) in [6, 6.07) is 12.3. The quantitative estimate of drug-likeness (QED) is 0.319. The predicted octanol–water partition coefficient (Wildman–Crippen LogP) is 3.40. The van der Waals surface area contributed by atoms with Gasteiger partial charge in [-0.15, -0.1) is 24.0 Å². The van der Waals surface area contributed by atoms with Gasteiger partial charge in [-0.1, -0.05) is 24.3 Å². The van der Waals surface area contributed by atoms with Crippen LogP contribution >= 0.6 is 24.0 Å². The number of imidazole rings is 1. The third kappa shape index (κ3) is 6.21. The zero-order chi connectivity index (χ0) is 17.3. The Hall–Kier alpha value is -2.29. The molecule has 0 amide bonds. The number of rotatable bonds is 7. The van der Waals surface area contributed by atoms with E-state index in [2.05, 4.69) is 56.4 Å². The summed E-state index contributed by atoms with van der Waals surface area (Å²) in [5.41, 5.74) is 2.41. The van der Waals surface area contributed by atoms with E-state index in [1.54, 1.807) is 12.5 Å². The van der Waals surface area contributed by atoms with E-state index in [4.69, 9.17) is 4.42 Å². The molecular weight excluding hydrogens is 441 g/mol. The summed E-state index contributed by atoms with van der Waals surface area (Å²) in [6.07, 6.45) is 7.25. The largest absolute Gasteiger partial charge is 0.467 e. The topological polar surface area (TPSA) is 67.4 Å². The predicted molar refractivity (Wildman–Crippen MR) is 114 cm³/mol. The Morgan fingerprint density at radius 3 is 2.62 bits per heavy atom. The summed E-state index contributed by atoms with van der Waals surface area (Å²) < 4.78 is 7.38. The number of nitrogens with zero attached hydrogens (tertiary/aromatic N) is 3. The standard InChI is InChI=1S/C19H23N5O.HI/c1-2-21-19(23-13-18-4-3-11-25-18)22-12-16-5-7-17(8-6-16)14-24-10-9-20-15-24;/h3-11,15H,2,12-14H2,1H3,(H2,21,22,23);1H. The van der Waals surface area contributed by atoms with Crippen LogP contribution in [0.5, 0.6) is 0 Å². The van der Waals surface area contributed by atoms with Crippen LogP contribution < -0.4 is 10.6 Å². The van der Waals surface area contributed by atoms with Gasteiger partial charge in [-0.25, -0.2) is 9.98 Å². The van der Waals surface area contributed by atoms with Crippen LogP contribution in [0.4, 0.5) is 0 Å². The van der Waals surface area contributed by atoms with Gasteiger partial charge < -0.3 is 19.6 Å². The zero-order valence-corrected chi connectivity index (χ0v) is 17.1. The fourth-order valence-corrected chi connectivity index (χ4v) is 2.44. The van der Waals surface area contributed by atoms with Gasteiger partial charge in [-0.05, 0) is 30.2 Å². The molecule has 0 saturated heterocycles. The Morgan fingerprint density at radius 2 is 1.96 bits per heavy atom. The van der Waals surface area contributed by atoms with Crippen LogP contribution in [0.1, 0.15) is 23.8 Å². The highest BCUT2D eigenvalue weighted by Crippen LogP contribution is 2.07. The lowest BCUT2D eigenvalue weighted by molar-refractivity contribution is 0.501. The van der Waals surface area contributed by atoms with Gasteiger partial charge in [0, 0.05) is 25.5 Å². The first-order chi connectivity index (χ1) is 12.3. The van der Waals surface area contributed by atoms with Crippen LogP contribution in [0.25, 0.3) is 0 Å². The van der Waals surface area contributed by atoms with Gasteiger partial charge in [0.1, 0.15) is 5.76 Å². The van der Waals surface area contributed by atoms with Crippen molar-refractivity contribution in [3.8, 4) is 0 Å². The Labute approximate surface area is 170 Å². The lowest BCUT2D eigenvalue weighted by Gasteiger charge is -2.10. The van der Waals surface area contributed by atoms with Crippen LogP contribution in [0, 0.1) is 0 Å². The van der Waals surface area contributed by atoms with Gasteiger partial charge in [0.05, 0.1) is 25.7 Å². The highest BCUT2D eigenvalue weighted by Gasteiger charge is 2.01. The second-order valence-electron chi connectivity index (χ2n) is 5.68. The molecular formula is C19H24IN5O. The van der Waals surface area contributed by atoms with Crippen molar-refractivity contribution in [2.45, 2.75) is 26.6 Å². The molecule has 0 bridgehead atoms. The molecule has 0 aliphatic rings. The van der Waals surface area contributed by atoms with Crippen molar-refractivity contribution in [3.05, 3.63) is 78.3 Å². The average Bonchev–Trinajstić information content (AvgIpc) is 3.32. The van der Waals surface area contributed by atoms with E-state index in [0.29, 0.717) is 13.1 Å². The van der Waals surface area contributed by atoms with Crippen molar-refractivity contribution >= 4 is 29.9 Å². The van der Waals surface area contributed by atoms with Crippen molar-refractivity contribution in [1.29, 1.82) is 0 Å². The molecule has 0 aliphatic carbocycles. The van der Waals surface area contributed by atoms with Gasteiger partial charge >= 0.3 is 0 Å². The number of guanidine groups is 1. The van der Waals surface area contributed by atoms with E-state index in [1.165, 1.54) is 11.1 Å². The molecule has 0 radical (unpaired) electrons. The number of furan rings is 1. The third-order valence-corrected chi connectivity index (χ3v) is 3.72. The minimum Gasteiger partial charge on any atom is -0.467 e. The molecule has 7 heteroatoms. The minimum atomic E-state index is 0. The van der Waals surface area contributed by atoms with Crippen LogP contribution in [0.3, 0.4) is 0 Å². The van der Waals surface area contributed by atoms with E-state index >= 15 is 0 Å². The van der Waals surface area contributed by atoms with Gasteiger partial charge in [-0.3, -0.25) is 0 Å². The molecule has 1 aromatic carbocycles. The first kappa shape index (κ1) is 20.0. The van der Waals surface area contributed by atoms with Crippen molar-refractivity contribution in [1.82, 2.24) is 20.2 Å². The summed E-state index contributed by atoms with van der Waals surface area (Å²) in [4.78, 5) is 8.69. The smallest absolute Gasteiger partial charge is 0.191 e. The maximum atomic E-state index is 5.33. The second-order valence-corrected chi connectivity index (χ2v) is 5.68. The first-order valence-electron chi connectivity index (χ1n) is 8.41. The molecule has 0 unspecified atom stereocenters. The van der Waals surface area contributed by atoms with E-state index < -0.39 is 0 Å². The third-order valence-electron chi connectivity index (χ3n) is 3.72. The summed E-state index contributed by atoms with van der Waals surface area (Å²) in [6.45, 7) is 4.93. The Balaban J connectivity index is 0.00000243. The van der Waals surface area contributed by atoms with Crippen LogP contribution in [-0.2, 0) is 19.6 Å². The van der Waals surface area contributed by atoms with Crippen molar-refractivity contribution in [3.63, 3.8) is 0 Å². The molecule has 3 aromatic rings. The van der Waals surface area contributed by atoms with Crippen LogP contribution in [0.2, 0.25) is 0 Å². The molecule has 2 N–H and O–H groups in total.